The number of nitrogens with one attached hydrogen (secondary N) is 1. The Morgan fingerprint density at radius 1 is 1.35 bits per heavy atom. The van der Waals surface area contributed by atoms with Gasteiger partial charge in [0.25, 0.3) is 0 Å². The van der Waals surface area contributed by atoms with Gasteiger partial charge in [-0.05, 0) is 24.1 Å². The molecule has 92 valence electrons. The fourth-order valence-corrected chi connectivity index (χ4v) is 1.33. The summed E-state index contributed by atoms with van der Waals surface area (Å²) in [5.41, 5.74) is 6.13. The largest absolute Gasteiger partial charge is 0.480 e. The number of aliphatic carboxylic acids is 1. The zero-order valence-electron chi connectivity index (χ0n) is 9.02. The van der Waals surface area contributed by atoms with Crippen molar-refractivity contribution in [2.24, 2.45) is 5.73 Å². The van der Waals surface area contributed by atoms with E-state index in [2.05, 4.69) is 5.32 Å². The Morgan fingerprint density at radius 2 is 1.94 bits per heavy atom. The fraction of sp³-hybridized carbons (Fsp3) is 0.273. The van der Waals surface area contributed by atoms with Crippen molar-refractivity contribution in [1.82, 2.24) is 5.32 Å². The lowest BCUT2D eigenvalue weighted by Crippen LogP contribution is -2.46. The van der Waals surface area contributed by atoms with E-state index in [-0.39, 0.29) is 0 Å². The van der Waals surface area contributed by atoms with Crippen LogP contribution >= 0.6 is 11.6 Å². The molecule has 17 heavy (non-hydrogen) atoms. The molecule has 0 heterocycles. The first-order chi connectivity index (χ1) is 8.00. The van der Waals surface area contributed by atoms with Gasteiger partial charge in [-0.2, -0.15) is 0 Å². The highest BCUT2D eigenvalue weighted by atomic mass is 35.5. The maximum Gasteiger partial charge on any atom is 0.330 e. The Hall–Kier alpha value is -1.59. The van der Waals surface area contributed by atoms with E-state index >= 15 is 0 Å². The van der Waals surface area contributed by atoms with Crippen molar-refractivity contribution in [2.75, 3.05) is 6.54 Å². The lowest BCUT2D eigenvalue weighted by atomic mass is 10.1. The second-order valence-corrected chi connectivity index (χ2v) is 3.92. The van der Waals surface area contributed by atoms with Crippen molar-refractivity contribution in [2.45, 2.75) is 12.5 Å². The quantitative estimate of drug-likeness (QED) is 0.666. The number of carbonyl (C=O) groups is 2. The molecule has 0 spiro atoms. The van der Waals surface area contributed by atoms with Crippen molar-refractivity contribution in [3.8, 4) is 0 Å². The minimum Gasteiger partial charge on any atom is -0.480 e. The molecule has 1 rings (SSSR count). The number of benzene rings is 1. The van der Waals surface area contributed by atoms with Crippen LogP contribution in [-0.2, 0) is 16.0 Å². The number of hydrogen-bond acceptors (Lipinski definition) is 3. The minimum atomic E-state index is -1.51. The van der Waals surface area contributed by atoms with Gasteiger partial charge in [-0.25, -0.2) is 4.79 Å². The molecule has 1 amide bonds. The normalized spacial score (nSPS) is 11.9. The topological polar surface area (TPSA) is 92.4 Å². The zero-order valence-corrected chi connectivity index (χ0v) is 9.78. The third-order valence-electron chi connectivity index (χ3n) is 2.17. The summed E-state index contributed by atoms with van der Waals surface area (Å²) in [6, 6.07) is 5.67. The van der Waals surface area contributed by atoms with Crippen LogP contribution in [0.1, 0.15) is 5.56 Å². The summed E-state index contributed by atoms with van der Waals surface area (Å²) in [5.74, 6) is -2.03. The van der Waals surface area contributed by atoms with Crippen LogP contribution in [-0.4, -0.2) is 29.6 Å². The third-order valence-corrected chi connectivity index (χ3v) is 2.43. The first-order valence-electron chi connectivity index (χ1n) is 5.01. The van der Waals surface area contributed by atoms with Crippen molar-refractivity contribution >= 4 is 23.5 Å². The molecule has 0 saturated heterocycles. The maximum atomic E-state index is 11.2. The first kappa shape index (κ1) is 13.5. The molecule has 0 bridgehead atoms. The van der Waals surface area contributed by atoms with Gasteiger partial charge in [0, 0.05) is 11.6 Å². The van der Waals surface area contributed by atoms with Gasteiger partial charge >= 0.3 is 5.97 Å². The lowest BCUT2D eigenvalue weighted by molar-refractivity contribution is -0.142. The number of rotatable bonds is 5. The summed E-state index contributed by atoms with van der Waals surface area (Å²) in [4.78, 5) is 21.6. The third kappa shape index (κ3) is 4.42. The molecular formula is C11H13ClN2O3. The van der Waals surface area contributed by atoms with E-state index in [0.717, 1.165) is 5.56 Å². The Balaban J connectivity index is 2.35. The smallest absolute Gasteiger partial charge is 0.330 e. The summed E-state index contributed by atoms with van der Waals surface area (Å²) < 4.78 is 0. The van der Waals surface area contributed by atoms with E-state index in [1.807, 2.05) is 12.1 Å². The number of hydrogen-bond donors (Lipinski definition) is 3. The standard InChI is InChI=1S/C11H13ClN2O3/c12-8-3-1-7(2-4-8)5-6-14-10(15)9(13)11(16)17/h1-4,9H,5-6,13H2,(H,14,15)(H,16,17). The predicted octanol–water partition coefficient (Wildman–Crippen LogP) is 0.411. The van der Waals surface area contributed by atoms with Crippen molar-refractivity contribution in [3.05, 3.63) is 34.9 Å². The minimum absolute atomic E-state index is 0.335. The molecule has 1 aromatic rings. The van der Waals surface area contributed by atoms with Crippen LogP contribution in [0.3, 0.4) is 0 Å². The molecule has 0 radical (unpaired) electrons. The molecule has 1 unspecified atom stereocenters. The highest BCUT2D eigenvalue weighted by Crippen LogP contribution is 2.09. The van der Waals surface area contributed by atoms with Gasteiger partial charge in [-0.15, -0.1) is 0 Å². The maximum absolute atomic E-state index is 11.2. The van der Waals surface area contributed by atoms with Crippen LogP contribution in [0, 0.1) is 0 Å². The van der Waals surface area contributed by atoms with E-state index < -0.39 is 17.9 Å². The van der Waals surface area contributed by atoms with Crippen LogP contribution < -0.4 is 11.1 Å². The van der Waals surface area contributed by atoms with Gasteiger partial charge in [0.05, 0.1) is 0 Å². The molecule has 0 saturated carbocycles. The predicted molar refractivity (Wildman–Crippen MR) is 63.8 cm³/mol. The SMILES string of the molecule is NC(C(=O)O)C(=O)NCCc1ccc(Cl)cc1. The second kappa shape index (κ2) is 6.22. The first-order valence-corrected chi connectivity index (χ1v) is 5.39. The van der Waals surface area contributed by atoms with Gasteiger partial charge in [0.2, 0.25) is 5.91 Å². The van der Waals surface area contributed by atoms with Gasteiger partial charge in [0.1, 0.15) is 0 Å². The Bertz CT molecular complexity index is 406. The lowest BCUT2D eigenvalue weighted by Gasteiger charge is -2.08. The van der Waals surface area contributed by atoms with Crippen LogP contribution in [0.5, 0.6) is 0 Å². The average molecular weight is 257 g/mol. The van der Waals surface area contributed by atoms with Crippen molar-refractivity contribution in [3.63, 3.8) is 0 Å². The molecule has 6 heteroatoms. The number of carbonyl (C=O) groups excluding carboxylic acids is 1. The molecule has 0 aliphatic heterocycles. The number of carboxylic acid groups (broad SMARTS) is 1. The number of carboxylic acids is 1. The zero-order chi connectivity index (χ0) is 12.8. The Labute approximate surface area is 104 Å². The van der Waals surface area contributed by atoms with E-state index in [1.54, 1.807) is 12.1 Å². The van der Waals surface area contributed by atoms with Crippen LogP contribution in [0.2, 0.25) is 5.02 Å². The number of amides is 1. The Kier molecular flexibility index (Phi) is 4.93. The van der Waals surface area contributed by atoms with E-state index in [9.17, 15) is 9.59 Å². The van der Waals surface area contributed by atoms with Gasteiger partial charge < -0.3 is 16.2 Å². The molecule has 1 atom stereocenters. The van der Waals surface area contributed by atoms with Crippen LogP contribution in [0.4, 0.5) is 0 Å². The van der Waals surface area contributed by atoms with E-state index in [0.29, 0.717) is 18.0 Å². The summed E-state index contributed by atoms with van der Waals surface area (Å²) in [5, 5.41) is 11.6. The number of nitrogens with two attached hydrogens (primary N) is 1. The molecule has 0 fully saturated rings. The summed E-state index contributed by atoms with van der Waals surface area (Å²) in [7, 11) is 0. The van der Waals surface area contributed by atoms with E-state index in [1.165, 1.54) is 0 Å². The monoisotopic (exact) mass is 256 g/mol. The van der Waals surface area contributed by atoms with Crippen molar-refractivity contribution < 1.29 is 14.7 Å². The molecule has 0 aromatic heterocycles. The van der Waals surface area contributed by atoms with Crippen LogP contribution in [0.15, 0.2) is 24.3 Å². The summed E-state index contributed by atoms with van der Waals surface area (Å²) >= 11 is 5.72. The molecule has 5 nitrogen and oxygen atoms in total. The van der Waals surface area contributed by atoms with Gasteiger partial charge in [0.15, 0.2) is 6.04 Å². The molecular weight excluding hydrogens is 244 g/mol. The Morgan fingerprint density at radius 3 is 2.47 bits per heavy atom. The molecule has 0 aliphatic carbocycles. The van der Waals surface area contributed by atoms with Gasteiger partial charge in [-0.1, -0.05) is 23.7 Å². The average Bonchev–Trinajstić information content (AvgIpc) is 2.30. The second-order valence-electron chi connectivity index (χ2n) is 3.48. The highest BCUT2D eigenvalue weighted by Gasteiger charge is 2.20. The van der Waals surface area contributed by atoms with Crippen LogP contribution in [0.25, 0.3) is 0 Å². The number of halogens is 1. The molecule has 0 aliphatic rings. The fourth-order valence-electron chi connectivity index (χ4n) is 1.20. The summed E-state index contributed by atoms with van der Waals surface area (Å²) in [6.07, 6.45) is 0.593. The summed E-state index contributed by atoms with van der Waals surface area (Å²) in [6.45, 7) is 0.335. The molecule has 1 aromatic carbocycles. The highest BCUT2D eigenvalue weighted by molar-refractivity contribution is 6.30. The van der Waals surface area contributed by atoms with Gasteiger partial charge in [-0.3, -0.25) is 4.79 Å². The van der Waals surface area contributed by atoms with E-state index in [4.69, 9.17) is 22.4 Å². The van der Waals surface area contributed by atoms with Crippen molar-refractivity contribution in [1.29, 1.82) is 0 Å². The molecule has 4 N–H and O–H groups in total.